The van der Waals surface area contributed by atoms with Crippen LogP contribution in [0.15, 0.2) is 21.7 Å². The SMILES string of the molecule is O=S1(=O)C[C@H](N2CCCC2)[C@@H](S(=O)(=O)c2cccs2)C1. The van der Waals surface area contributed by atoms with E-state index in [0.717, 1.165) is 37.3 Å². The Morgan fingerprint density at radius 3 is 2.50 bits per heavy atom. The Kier molecular flexibility index (Phi) is 3.68. The molecule has 0 radical (unpaired) electrons. The normalized spacial score (nSPS) is 30.8. The van der Waals surface area contributed by atoms with Gasteiger partial charge in [0.2, 0.25) is 0 Å². The average molecular weight is 335 g/mol. The second-order valence-corrected chi connectivity index (χ2v) is 10.9. The minimum Gasteiger partial charge on any atom is -0.298 e. The van der Waals surface area contributed by atoms with E-state index in [2.05, 4.69) is 0 Å². The molecule has 8 heteroatoms. The van der Waals surface area contributed by atoms with E-state index >= 15 is 0 Å². The predicted molar refractivity (Wildman–Crippen MR) is 78.5 cm³/mol. The first-order valence-electron chi connectivity index (χ1n) is 6.62. The van der Waals surface area contributed by atoms with Gasteiger partial charge in [0.1, 0.15) is 4.21 Å². The van der Waals surface area contributed by atoms with Crippen LogP contribution in [0.2, 0.25) is 0 Å². The summed E-state index contributed by atoms with van der Waals surface area (Å²) in [5, 5.41) is 0.894. The molecule has 2 fully saturated rings. The molecule has 0 amide bonds. The molecule has 1 aromatic heterocycles. The van der Waals surface area contributed by atoms with Gasteiger partial charge in [0.15, 0.2) is 19.7 Å². The summed E-state index contributed by atoms with van der Waals surface area (Å²) in [6.45, 7) is 1.60. The molecule has 3 rings (SSSR count). The van der Waals surface area contributed by atoms with Crippen LogP contribution in [-0.2, 0) is 19.7 Å². The number of sulfone groups is 2. The predicted octanol–water partition coefficient (Wildman–Crippen LogP) is 0.783. The van der Waals surface area contributed by atoms with Crippen molar-refractivity contribution in [1.82, 2.24) is 4.90 Å². The van der Waals surface area contributed by atoms with Gasteiger partial charge in [-0.2, -0.15) is 0 Å². The molecule has 1 aromatic rings. The van der Waals surface area contributed by atoms with E-state index in [0.29, 0.717) is 0 Å². The van der Waals surface area contributed by atoms with Gasteiger partial charge in [0, 0.05) is 6.04 Å². The molecule has 2 aliphatic heterocycles. The van der Waals surface area contributed by atoms with Crippen molar-refractivity contribution in [2.45, 2.75) is 28.3 Å². The topological polar surface area (TPSA) is 71.5 Å². The average Bonchev–Trinajstić information content (AvgIpc) is 3.08. The van der Waals surface area contributed by atoms with E-state index in [1.807, 2.05) is 4.90 Å². The van der Waals surface area contributed by atoms with E-state index in [-0.39, 0.29) is 21.8 Å². The fraction of sp³-hybridized carbons (Fsp3) is 0.667. The van der Waals surface area contributed by atoms with Crippen LogP contribution in [0.1, 0.15) is 12.8 Å². The minimum absolute atomic E-state index is 0.0255. The largest absolute Gasteiger partial charge is 0.298 e. The number of rotatable bonds is 3. The molecule has 2 saturated heterocycles. The molecule has 0 unspecified atom stereocenters. The number of likely N-dealkylation sites (tertiary alicyclic amines) is 1. The Balaban J connectivity index is 1.97. The summed E-state index contributed by atoms with van der Waals surface area (Å²) in [5.41, 5.74) is 0. The van der Waals surface area contributed by atoms with Crippen molar-refractivity contribution >= 4 is 31.0 Å². The Morgan fingerprint density at radius 2 is 1.90 bits per heavy atom. The molecule has 0 bridgehead atoms. The van der Waals surface area contributed by atoms with E-state index in [4.69, 9.17) is 0 Å². The van der Waals surface area contributed by atoms with E-state index in [1.165, 1.54) is 0 Å². The fourth-order valence-electron chi connectivity index (χ4n) is 3.08. The summed E-state index contributed by atoms with van der Waals surface area (Å²) < 4.78 is 49.5. The van der Waals surface area contributed by atoms with Gasteiger partial charge in [-0.3, -0.25) is 4.90 Å². The number of nitrogens with zero attached hydrogens (tertiary/aromatic N) is 1. The third-order valence-corrected chi connectivity index (χ3v) is 9.61. The van der Waals surface area contributed by atoms with Gasteiger partial charge in [0.25, 0.3) is 0 Å². The lowest BCUT2D eigenvalue weighted by Gasteiger charge is -2.27. The lowest BCUT2D eigenvalue weighted by atomic mass is 10.2. The molecular formula is C12H17NO4S3. The fourth-order valence-corrected chi connectivity index (χ4v) is 9.14. The number of hydrogen-bond donors (Lipinski definition) is 0. The Morgan fingerprint density at radius 1 is 1.20 bits per heavy atom. The molecular weight excluding hydrogens is 318 g/mol. The molecule has 0 N–H and O–H groups in total. The highest BCUT2D eigenvalue weighted by molar-refractivity contribution is 7.97. The molecule has 0 spiro atoms. The van der Waals surface area contributed by atoms with Crippen LogP contribution in [0.4, 0.5) is 0 Å². The van der Waals surface area contributed by atoms with E-state index < -0.39 is 24.9 Å². The lowest BCUT2D eigenvalue weighted by molar-refractivity contribution is 0.264. The Hall–Kier alpha value is -0.440. The van der Waals surface area contributed by atoms with Gasteiger partial charge in [-0.25, -0.2) is 16.8 Å². The third kappa shape index (κ3) is 2.54. The van der Waals surface area contributed by atoms with Gasteiger partial charge >= 0.3 is 0 Å². The van der Waals surface area contributed by atoms with Crippen LogP contribution >= 0.6 is 11.3 Å². The van der Waals surface area contributed by atoms with Crippen molar-refractivity contribution < 1.29 is 16.8 Å². The zero-order valence-corrected chi connectivity index (χ0v) is 13.4. The number of hydrogen-bond acceptors (Lipinski definition) is 6. The van der Waals surface area contributed by atoms with Crippen LogP contribution in [0.25, 0.3) is 0 Å². The summed E-state index contributed by atoms with van der Waals surface area (Å²) in [6, 6.07) is 2.87. The maximum Gasteiger partial charge on any atom is 0.193 e. The molecule has 2 aliphatic rings. The molecule has 0 aliphatic carbocycles. The van der Waals surface area contributed by atoms with Crippen molar-refractivity contribution in [2.75, 3.05) is 24.6 Å². The first-order chi connectivity index (χ1) is 9.40. The minimum atomic E-state index is -3.56. The van der Waals surface area contributed by atoms with Gasteiger partial charge in [-0.1, -0.05) is 6.07 Å². The van der Waals surface area contributed by atoms with Gasteiger partial charge in [0.05, 0.1) is 16.8 Å². The highest BCUT2D eigenvalue weighted by atomic mass is 32.2. The van der Waals surface area contributed by atoms with Crippen molar-refractivity contribution in [3.63, 3.8) is 0 Å². The van der Waals surface area contributed by atoms with Crippen LogP contribution in [-0.4, -0.2) is 57.6 Å². The summed E-state index contributed by atoms with van der Waals surface area (Å²) in [5.74, 6) is -0.267. The summed E-state index contributed by atoms with van der Waals surface area (Å²) in [7, 11) is -6.83. The highest BCUT2D eigenvalue weighted by Crippen LogP contribution is 2.32. The third-order valence-electron chi connectivity index (χ3n) is 4.06. The van der Waals surface area contributed by atoms with Crippen molar-refractivity contribution in [2.24, 2.45) is 0 Å². The van der Waals surface area contributed by atoms with Gasteiger partial charge in [-0.05, 0) is 37.4 Å². The van der Waals surface area contributed by atoms with Crippen LogP contribution in [0.5, 0.6) is 0 Å². The van der Waals surface area contributed by atoms with Gasteiger partial charge in [-0.15, -0.1) is 11.3 Å². The monoisotopic (exact) mass is 335 g/mol. The van der Waals surface area contributed by atoms with E-state index in [1.54, 1.807) is 17.5 Å². The maximum absolute atomic E-state index is 12.7. The lowest BCUT2D eigenvalue weighted by Crippen LogP contribution is -2.44. The van der Waals surface area contributed by atoms with Crippen LogP contribution in [0.3, 0.4) is 0 Å². The molecule has 20 heavy (non-hydrogen) atoms. The molecule has 0 saturated carbocycles. The molecule has 112 valence electrons. The Labute approximate surface area is 123 Å². The van der Waals surface area contributed by atoms with Gasteiger partial charge < -0.3 is 0 Å². The van der Waals surface area contributed by atoms with Crippen molar-refractivity contribution in [3.8, 4) is 0 Å². The summed E-state index contributed by atoms with van der Waals surface area (Å²) in [6.07, 6.45) is 2.03. The summed E-state index contributed by atoms with van der Waals surface area (Å²) in [4.78, 5) is 2.04. The van der Waals surface area contributed by atoms with Crippen molar-refractivity contribution in [1.29, 1.82) is 0 Å². The maximum atomic E-state index is 12.7. The quantitative estimate of drug-likeness (QED) is 0.816. The van der Waals surface area contributed by atoms with Crippen LogP contribution < -0.4 is 0 Å². The summed E-state index contributed by atoms with van der Waals surface area (Å²) >= 11 is 1.16. The number of thiophene rings is 1. The second kappa shape index (κ2) is 5.08. The smallest absolute Gasteiger partial charge is 0.193 e. The second-order valence-electron chi connectivity index (χ2n) is 5.40. The zero-order chi connectivity index (χ0) is 14.4. The first kappa shape index (κ1) is 14.5. The van der Waals surface area contributed by atoms with E-state index in [9.17, 15) is 16.8 Å². The standard InChI is InChI=1S/C12H17NO4S3/c14-19(15)8-10(13-5-1-2-6-13)11(9-19)20(16,17)12-4-3-7-18-12/h3-4,7,10-11H,1-2,5-6,8-9H2/t10-,11-/m0/s1. The van der Waals surface area contributed by atoms with Crippen molar-refractivity contribution in [3.05, 3.63) is 17.5 Å². The zero-order valence-electron chi connectivity index (χ0n) is 10.9. The molecule has 5 nitrogen and oxygen atoms in total. The molecule has 0 aromatic carbocycles. The first-order valence-corrected chi connectivity index (χ1v) is 10.9. The molecule has 3 heterocycles. The van der Waals surface area contributed by atoms with Crippen LogP contribution in [0, 0.1) is 0 Å². The Bertz CT molecular complexity index is 672. The molecule has 2 atom stereocenters. The highest BCUT2D eigenvalue weighted by Gasteiger charge is 2.48.